The molecule has 2 rings (SSSR count). The second-order valence-corrected chi connectivity index (χ2v) is 5.81. The Kier molecular flexibility index (Phi) is 3.34. The van der Waals surface area contributed by atoms with Gasteiger partial charge in [-0.3, -0.25) is 9.48 Å². The lowest BCUT2D eigenvalue weighted by atomic mass is 10.1. The van der Waals surface area contributed by atoms with Gasteiger partial charge in [-0.15, -0.1) is 11.3 Å². The molecule has 0 aliphatic carbocycles. The molecule has 4 nitrogen and oxygen atoms in total. The molecule has 0 radical (unpaired) electrons. The van der Waals surface area contributed by atoms with Gasteiger partial charge in [0.2, 0.25) is 0 Å². The van der Waals surface area contributed by atoms with E-state index in [-0.39, 0.29) is 5.78 Å². The van der Waals surface area contributed by atoms with Crippen molar-refractivity contribution in [1.29, 1.82) is 0 Å². The Morgan fingerprint density at radius 1 is 1.22 bits per heavy atom. The molecule has 0 saturated carbocycles. The lowest BCUT2D eigenvalue weighted by Crippen LogP contribution is -2.06. The lowest BCUT2D eigenvalue weighted by Gasteiger charge is -1.99. The summed E-state index contributed by atoms with van der Waals surface area (Å²) >= 11 is 1.60. The zero-order valence-electron chi connectivity index (χ0n) is 11.4. The van der Waals surface area contributed by atoms with E-state index >= 15 is 0 Å². The first-order valence-electron chi connectivity index (χ1n) is 5.86. The van der Waals surface area contributed by atoms with Crippen LogP contribution in [0.2, 0.25) is 0 Å². The quantitative estimate of drug-likeness (QED) is 0.799. The highest BCUT2D eigenvalue weighted by atomic mass is 32.1. The van der Waals surface area contributed by atoms with Crippen LogP contribution in [0.1, 0.15) is 37.3 Å². The van der Waals surface area contributed by atoms with Crippen LogP contribution >= 0.6 is 11.3 Å². The maximum absolute atomic E-state index is 12.3. The molecule has 2 heterocycles. The van der Waals surface area contributed by atoms with Crippen molar-refractivity contribution in [2.24, 2.45) is 7.05 Å². The predicted octanol–water partition coefficient (Wildman–Crippen LogP) is 2.54. The zero-order valence-corrected chi connectivity index (χ0v) is 12.2. The predicted molar refractivity (Wildman–Crippen MR) is 72.3 cm³/mol. The third kappa shape index (κ3) is 2.22. The van der Waals surface area contributed by atoms with E-state index in [0.29, 0.717) is 6.42 Å². The number of hydrogen-bond donors (Lipinski definition) is 0. The minimum Gasteiger partial charge on any atom is -0.294 e. The monoisotopic (exact) mass is 263 g/mol. The summed E-state index contributed by atoms with van der Waals surface area (Å²) in [4.78, 5) is 17.9. The Morgan fingerprint density at radius 2 is 1.89 bits per heavy atom. The van der Waals surface area contributed by atoms with E-state index < -0.39 is 0 Å². The van der Waals surface area contributed by atoms with Crippen molar-refractivity contribution >= 4 is 17.1 Å². The number of aromatic nitrogens is 3. The molecule has 0 fully saturated rings. The molecule has 2 aromatic heterocycles. The number of hydrogen-bond acceptors (Lipinski definition) is 4. The van der Waals surface area contributed by atoms with E-state index in [9.17, 15) is 4.79 Å². The second kappa shape index (κ2) is 4.65. The van der Waals surface area contributed by atoms with Crippen molar-refractivity contribution in [3.63, 3.8) is 0 Å². The molecule has 0 amide bonds. The Labute approximate surface area is 111 Å². The Hall–Kier alpha value is -1.49. The number of thiazole rings is 1. The SMILES string of the molecule is Cc1nc(CC(=O)c2c(C)nn(C)c2C)sc1C. The minimum atomic E-state index is 0.104. The number of aryl methyl sites for hydroxylation is 4. The molecule has 0 atom stereocenters. The van der Waals surface area contributed by atoms with Gasteiger partial charge in [-0.25, -0.2) is 4.98 Å². The van der Waals surface area contributed by atoms with Crippen LogP contribution in [0.25, 0.3) is 0 Å². The van der Waals surface area contributed by atoms with Gasteiger partial charge >= 0.3 is 0 Å². The van der Waals surface area contributed by atoms with Gasteiger partial charge in [0.1, 0.15) is 5.01 Å². The van der Waals surface area contributed by atoms with Crippen molar-refractivity contribution < 1.29 is 4.79 Å². The minimum absolute atomic E-state index is 0.104. The first-order chi connectivity index (χ1) is 8.40. The molecule has 2 aromatic rings. The van der Waals surface area contributed by atoms with E-state index in [0.717, 1.165) is 27.7 Å². The van der Waals surface area contributed by atoms with Crippen LogP contribution in [-0.2, 0) is 13.5 Å². The van der Waals surface area contributed by atoms with Crippen molar-refractivity contribution in [3.8, 4) is 0 Å². The average molecular weight is 263 g/mol. The Balaban J connectivity index is 2.27. The summed E-state index contributed by atoms with van der Waals surface area (Å²) in [6, 6.07) is 0. The van der Waals surface area contributed by atoms with Gasteiger partial charge in [0.25, 0.3) is 0 Å². The molecule has 5 heteroatoms. The maximum Gasteiger partial charge on any atom is 0.173 e. The smallest absolute Gasteiger partial charge is 0.173 e. The molecule has 0 N–H and O–H groups in total. The van der Waals surface area contributed by atoms with Crippen LogP contribution in [0.3, 0.4) is 0 Å². The first kappa shape index (κ1) is 13.0. The fourth-order valence-electron chi connectivity index (χ4n) is 2.02. The van der Waals surface area contributed by atoms with E-state index in [4.69, 9.17) is 0 Å². The van der Waals surface area contributed by atoms with Crippen LogP contribution in [0.15, 0.2) is 0 Å². The largest absolute Gasteiger partial charge is 0.294 e. The summed E-state index contributed by atoms with van der Waals surface area (Å²) < 4.78 is 1.75. The zero-order chi connectivity index (χ0) is 13.4. The first-order valence-corrected chi connectivity index (χ1v) is 6.68. The van der Waals surface area contributed by atoms with Crippen molar-refractivity contribution in [1.82, 2.24) is 14.8 Å². The molecular formula is C13H17N3OS. The number of rotatable bonds is 3. The number of Topliss-reactive ketones (excluding diaryl/α,β-unsaturated/α-hetero) is 1. The second-order valence-electron chi connectivity index (χ2n) is 4.52. The number of nitrogens with zero attached hydrogens (tertiary/aromatic N) is 3. The van der Waals surface area contributed by atoms with E-state index in [1.165, 1.54) is 4.88 Å². The van der Waals surface area contributed by atoms with Gasteiger partial charge in [-0.2, -0.15) is 5.10 Å². The molecule has 0 bridgehead atoms. The molecular weight excluding hydrogens is 246 g/mol. The maximum atomic E-state index is 12.3. The van der Waals surface area contributed by atoms with Crippen LogP contribution in [0, 0.1) is 27.7 Å². The summed E-state index contributed by atoms with van der Waals surface area (Å²) in [5.74, 6) is 0.104. The number of carbonyl (C=O) groups excluding carboxylic acids is 1. The van der Waals surface area contributed by atoms with Crippen LogP contribution < -0.4 is 0 Å². The van der Waals surface area contributed by atoms with Crippen LogP contribution in [0.5, 0.6) is 0 Å². The molecule has 0 saturated heterocycles. The molecule has 0 aromatic carbocycles. The molecule has 18 heavy (non-hydrogen) atoms. The normalized spacial score (nSPS) is 10.9. The standard InChI is InChI=1S/C13H17N3OS/c1-7-10(4)18-12(14-7)6-11(17)13-8(2)15-16(5)9(13)3/h6H2,1-5H3. The van der Waals surface area contributed by atoms with Gasteiger partial charge in [-0.05, 0) is 27.7 Å². The highest BCUT2D eigenvalue weighted by Gasteiger charge is 2.19. The Morgan fingerprint density at radius 3 is 2.33 bits per heavy atom. The summed E-state index contributed by atoms with van der Waals surface area (Å²) in [5, 5.41) is 5.16. The molecule has 96 valence electrons. The molecule has 0 unspecified atom stereocenters. The van der Waals surface area contributed by atoms with Crippen LogP contribution in [-0.4, -0.2) is 20.5 Å². The summed E-state index contributed by atoms with van der Waals surface area (Å²) in [6.45, 7) is 7.80. The third-order valence-corrected chi connectivity index (χ3v) is 4.25. The molecule has 0 spiro atoms. The highest BCUT2D eigenvalue weighted by molar-refractivity contribution is 7.11. The molecule has 0 aliphatic heterocycles. The average Bonchev–Trinajstić information content (AvgIpc) is 2.69. The van der Waals surface area contributed by atoms with Crippen molar-refractivity contribution in [2.75, 3.05) is 0 Å². The Bertz CT molecular complexity index is 591. The fraction of sp³-hybridized carbons (Fsp3) is 0.462. The van der Waals surface area contributed by atoms with E-state index in [2.05, 4.69) is 10.1 Å². The van der Waals surface area contributed by atoms with Gasteiger partial charge in [0, 0.05) is 17.6 Å². The highest BCUT2D eigenvalue weighted by Crippen LogP contribution is 2.20. The number of carbonyl (C=O) groups is 1. The van der Waals surface area contributed by atoms with Crippen molar-refractivity contribution in [2.45, 2.75) is 34.1 Å². The summed E-state index contributed by atoms with van der Waals surface area (Å²) in [6.07, 6.45) is 0.368. The topological polar surface area (TPSA) is 47.8 Å². The van der Waals surface area contributed by atoms with Crippen molar-refractivity contribution in [3.05, 3.63) is 32.5 Å². The van der Waals surface area contributed by atoms with Gasteiger partial charge in [-0.1, -0.05) is 0 Å². The van der Waals surface area contributed by atoms with E-state index in [1.54, 1.807) is 16.0 Å². The summed E-state index contributed by atoms with van der Waals surface area (Å²) in [5.41, 5.74) is 3.47. The molecule has 0 aliphatic rings. The van der Waals surface area contributed by atoms with Gasteiger partial charge in [0.15, 0.2) is 5.78 Å². The lowest BCUT2D eigenvalue weighted by molar-refractivity contribution is 0.0991. The summed E-state index contributed by atoms with van der Waals surface area (Å²) in [7, 11) is 1.86. The number of ketones is 1. The van der Waals surface area contributed by atoms with Crippen LogP contribution in [0.4, 0.5) is 0 Å². The van der Waals surface area contributed by atoms with Gasteiger partial charge < -0.3 is 0 Å². The van der Waals surface area contributed by atoms with E-state index in [1.807, 2.05) is 34.7 Å². The fourth-order valence-corrected chi connectivity index (χ4v) is 2.95. The van der Waals surface area contributed by atoms with Gasteiger partial charge in [0.05, 0.1) is 23.4 Å². The third-order valence-electron chi connectivity index (χ3n) is 3.17.